The highest BCUT2D eigenvalue weighted by Gasteiger charge is 2.50. The molecule has 1 amide bonds. The standard InChI is InChI=1S/C13H20F2N6O2/c1-23-7-10-4-13(14,15)8-21(10)11-5-19(6-11)12(22)2-3-20-9-16-17-18-20/h9-11H,2-8H2,1H3/t10-/m0/s1. The quantitative estimate of drug-likeness (QED) is 0.708. The fourth-order valence-corrected chi connectivity index (χ4v) is 3.22. The summed E-state index contributed by atoms with van der Waals surface area (Å²) in [5, 5.41) is 10.7. The van der Waals surface area contributed by atoms with Gasteiger partial charge < -0.3 is 9.64 Å². The van der Waals surface area contributed by atoms with Crippen molar-refractivity contribution in [3.8, 4) is 0 Å². The third-order valence-corrected chi connectivity index (χ3v) is 4.41. The summed E-state index contributed by atoms with van der Waals surface area (Å²) in [6.07, 6.45) is 1.58. The number of hydrogen-bond donors (Lipinski definition) is 0. The zero-order valence-corrected chi connectivity index (χ0v) is 12.9. The van der Waals surface area contributed by atoms with Crippen molar-refractivity contribution in [3.05, 3.63) is 6.33 Å². The summed E-state index contributed by atoms with van der Waals surface area (Å²) in [6.45, 7) is 1.44. The zero-order valence-electron chi connectivity index (χ0n) is 12.9. The molecule has 1 aromatic heterocycles. The molecule has 2 aliphatic heterocycles. The van der Waals surface area contributed by atoms with E-state index in [0.29, 0.717) is 32.7 Å². The first-order valence-corrected chi connectivity index (χ1v) is 7.59. The van der Waals surface area contributed by atoms with Crippen molar-refractivity contribution in [2.75, 3.05) is 33.4 Å². The number of aromatic nitrogens is 4. The summed E-state index contributed by atoms with van der Waals surface area (Å²) in [6, 6.07) is -0.293. The molecule has 0 unspecified atom stereocenters. The largest absolute Gasteiger partial charge is 0.383 e. The molecule has 1 aromatic rings. The number of tetrazole rings is 1. The Labute approximate surface area is 132 Å². The van der Waals surface area contributed by atoms with Crippen molar-refractivity contribution in [1.29, 1.82) is 0 Å². The van der Waals surface area contributed by atoms with Gasteiger partial charge in [-0.15, -0.1) is 5.10 Å². The van der Waals surface area contributed by atoms with Crippen LogP contribution in [0.3, 0.4) is 0 Å². The summed E-state index contributed by atoms with van der Waals surface area (Å²) >= 11 is 0. The molecule has 3 rings (SSSR count). The molecule has 0 aromatic carbocycles. The maximum absolute atomic E-state index is 13.6. The Kier molecular flexibility index (Phi) is 4.53. The van der Waals surface area contributed by atoms with Crippen LogP contribution in [-0.4, -0.2) is 87.3 Å². The van der Waals surface area contributed by atoms with Gasteiger partial charge >= 0.3 is 0 Å². The van der Waals surface area contributed by atoms with Gasteiger partial charge in [0.15, 0.2) is 0 Å². The lowest BCUT2D eigenvalue weighted by Gasteiger charge is -2.45. The molecule has 2 saturated heterocycles. The Balaban J connectivity index is 1.47. The number of aryl methyl sites for hydroxylation is 1. The lowest BCUT2D eigenvalue weighted by Crippen LogP contribution is -2.62. The van der Waals surface area contributed by atoms with E-state index in [2.05, 4.69) is 15.5 Å². The fourth-order valence-electron chi connectivity index (χ4n) is 3.22. The molecular weight excluding hydrogens is 310 g/mol. The van der Waals surface area contributed by atoms with Crippen LogP contribution in [0.25, 0.3) is 0 Å². The molecule has 2 fully saturated rings. The van der Waals surface area contributed by atoms with Crippen molar-refractivity contribution in [3.63, 3.8) is 0 Å². The summed E-state index contributed by atoms with van der Waals surface area (Å²) in [7, 11) is 1.52. The highest BCUT2D eigenvalue weighted by molar-refractivity contribution is 5.77. The zero-order chi connectivity index (χ0) is 16.4. The number of ether oxygens (including phenoxy) is 1. The van der Waals surface area contributed by atoms with Crippen LogP contribution in [0.5, 0.6) is 0 Å². The van der Waals surface area contributed by atoms with Crippen LogP contribution in [0.2, 0.25) is 0 Å². The average Bonchev–Trinajstić information content (AvgIpc) is 3.03. The molecule has 2 aliphatic rings. The number of rotatable bonds is 6. The highest BCUT2D eigenvalue weighted by Crippen LogP contribution is 2.35. The molecule has 3 heterocycles. The number of nitrogens with zero attached hydrogens (tertiary/aromatic N) is 6. The number of hydrogen-bond acceptors (Lipinski definition) is 6. The van der Waals surface area contributed by atoms with E-state index in [9.17, 15) is 13.6 Å². The first-order chi connectivity index (χ1) is 11.0. The molecule has 8 nitrogen and oxygen atoms in total. The van der Waals surface area contributed by atoms with E-state index in [4.69, 9.17) is 4.74 Å². The minimum Gasteiger partial charge on any atom is -0.383 e. The van der Waals surface area contributed by atoms with Gasteiger partial charge in [-0.3, -0.25) is 9.69 Å². The van der Waals surface area contributed by atoms with Gasteiger partial charge in [-0.2, -0.15) is 0 Å². The summed E-state index contributed by atoms with van der Waals surface area (Å²) in [5.74, 6) is -2.68. The second-order valence-corrected chi connectivity index (χ2v) is 6.12. The van der Waals surface area contributed by atoms with E-state index in [1.54, 1.807) is 9.80 Å². The molecule has 0 aliphatic carbocycles. The smallest absolute Gasteiger partial charge is 0.262 e. The summed E-state index contributed by atoms with van der Waals surface area (Å²) in [4.78, 5) is 15.5. The van der Waals surface area contributed by atoms with Crippen molar-refractivity contribution in [2.24, 2.45) is 0 Å². The van der Waals surface area contributed by atoms with E-state index in [-0.39, 0.29) is 31.0 Å². The Morgan fingerprint density at radius 3 is 2.87 bits per heavy atom. The van der Waals surface area contributed by atoms with Crippen LogP contribution >= 0.6 is 0 Å². The highest BCUT2D eigenvalue weighted by atomic mass is 19.3. The van der Waals surface area contributed by atoms with Gasteiger partial charge in [0.05, 0.1) is 19.7 Å². The van der Waals surface area contributed by atoms with E-state index < -0.39 is 5.92 Å². The SMILES string of the molecule is COC[C@@H]1CC(F)(F)CN1C1CN(C(=O)CCn2cnnn2)C1. The van der Waals surface area contributed by atoms with Gasteiger partial charge in [0.25, 0.3) is 5.92 Å². The average molecular weight is 330 g/mol. The molecule has 128 valence electrons. The van der Waals surface area contributed by atoms with Gasteiger partial charge in [-0.05, 0) is 10.4 Å². The molecule has 0 bridgehead atoms. The van der Waals surface area contributed by atoms with Crippen molar-refractivity contribution in [1.82, 2.24) is 30.0 Å². The lowest BCUT2D eigenvalue weighted by molar-refractivity contribution is -0.139. The van der Waals surface area contributed by atoms with E-state index >= 15 is 0 Å². The van der Waals surface area contributed by atoms with Gasteiger partial charge in [0.1, 0.15) is 6.33 Å². The first kappa shape index (κ1) is 16.2. The van der Waals surface area contributed by atoms with E-state index in [1.807, 2.05) is 0 Å². The molecule has 0 N–H and O–H groups in total. The summed E-state index contributed by atoms with van der Waals surface area (Å²) < 4.78 is 33.8. The molecule has 0 spiro atoms. The molecule has 0 saturated carbocycles. The van der Waals surface area contributed by atoms with E-state index in [0.717, 1.165) is 0 Å². The molecule has 1 atom stereocenters. The molecular formula is C13H20F2N6O2. The van der Waals surface area contributed by atoms with Crippen molar-refractivity contribution in [2.45, 2.75) is 37.4 Å². The predicted molar refractivity (Wildman–Crippen MR) is 74.7 cm³/mol. The number of halogens is 2. The van der Waals surface area contributed by atoms with Crippen LogP contribution in [-0.2, 0) is 16.1 Å². The minimum atomic E-state index is -2.67. The predicted octanol–water partition coefficient (Wildman–Crippen LogP) is -0.370. The third kappa shape index (κ3) is 3.63. The Hall–Kier alpha value is -1.68. The Morgan fingerprint density at radius 1 is 1.43 bits per heavy atom. The fraction of sp³-hybridized carbons (Fsp3) is 0.846. The number of carbonyl (C=O) groups is 1. The number of alkyl halides is 2. The molecule has 23 heavy (non-hydrogen) atoms. The second-order valence-electron chi connectivity index (χ2n) is 6.12. The van der Waals surface area contributed by atoms with Gasteiger partial charge in [0.2, 0.25) is 5.91 Å². The van der Waals surface area contributed by atoms with Gasteiger partial charge in [-0.1, -0.05) is 0 Å². The number of methoxy groups -OCH3 is 1. The van der Waals surface area contributed by atoms with Crippen LogP contribution in [0.1, 0.15) is 12.8 Å². The number of likely N-dealkylation sites (tertiary alicyclic amines) is 2. The third-order valence-electron chi connectivity index (χ3n) is 4.41. The molecule has 10 heteroatoms. The van der Waals surface area contributed by atoms with Crippen LogP contribution in [0.4, 0.5) is 8.78 Å². The monoisotopic (exact) mass is 330 g/mol. The summed E-state index contributed by atoms with van der Waals surface area (Å²) in [5.41, 5.74) is 0. The maximum Gasteiger partial charge on any atom is 0.262 e. The first-order valence-electron chi connectivity index (χ1n) is 7.59. The molecule has 0 radical (unpaired) electrons. The number of carbonyl (C=O) groups excluding carboxylic acids is 1. The number of amides is 1. The van der Waals surface area contributed by atoms with Gasteiger partial charge in [-0.25, -0.2) is 13.5 Å². The topological polar surface area (TPSA) is 76.4 Å². The maximum atomic E-state index is 13.6. The Morgan fingerprint density at radius 2 is 2.22 bits per heavy atom. The van der Waals surface area contributed by atoms with Crippen LogP contribution in [0.15, 0.2) is 6.33 Å². The van der Waals surface area contributed by atoms with Crippen LogP contribution in [0, 0.1) is 0 Å². The second kappa shape index (κ2) is 6.44. The Bertz CT molecular complexity index is 535. The lowest BCUT2D eigenvalue weighted by atomic mass is 10.1. The minimum absolute atomic E-state index is 0.00833. The van der Waals surface area contributed by atoms with Crippen molar-refractivity contribution < 1.29 is 18.3 Å². The van der Waals surface area contributed by atoms with Crippen LogP contribution < -0.4 is 0 Å². The normalized spacial score (nSPS) is 24.8. The van der Waals surface area contributed by atoms with Gasteiger partial charge in [0, 0.05) is 45.1 Å². The van der Waals surface area contributed by atoms with Crippen molar-refractivity contribution >= 4 is 5.91 Å². The van der Waals surface area contributed by atoms with E-state index in [1.165, 1.54) is 18.1 Å².